The smallest absolute Gasteiger partial charge is 0.336 e. The molecule has 0 bridgehead atoms. The molecular formula is C13H17BrN2O4. The first-order valence-corrected chi connectivity index (χ1v) is 6.71. The highest BCUT2D eigenvalue weighted by Gasteiger charge is 2.16. The van der Waals surface area contributed by atoms with E-state index >= 15 is 0 Å². The molecule has 0 saturated carbocycles. The Labute approximate surface area is 125 Å². The zero-order chi connectivity index (χ0) is 15.3. The molecule has 0 fully saturated rings. The predicted molar refractivity (Wildman–Crippen MR) is 79.2 cm³/mol. The minimum atomic E-state index is -1.06. The van der Waals surface area contributed by atoms with Gasteiger partial charge in [-0.1, -0.05) is 0 Å². The van der Waals surface area contributed by atoms with Crippen molar-refractivity contribution in [1.82, 2.24) is 4.90 Å². The molecule has 1 atom stereocenters. The highest BCUT2D eigenvalue weighted by molar-refractivity contribution is 9.10. The summed E-state index contributed by atoms with van der Waals surface area (Å²) in [6, 6.07) is 4.20. The summed E-state index contributed by atoms with van der Waals surface area (Å²) in [5.41, 5.74) is 0.516. The van der Waals surface area contributed by atoms with Gasteiger partial charge >= 0.3 is 12.0 Å². The first-order valence-electron chi connectivity index (χ1n) is 5.92. The van der Waals surface area contributed by atoms with Crippen molar-refractivity contribution in [1.29, 1.82) is 0 Å². The third kappa shape index (κ3) is 4.21. The van der Waals surface area contributed by atoms with E-state index in [1.54, 1.807) is 26.3 Å². The van der Waals surface area contributed by atoms with Gasteiger partial charge in [0.1, 0.15) is 0 Å². The fraction of sp³-hybridized carbons (Fsp3) is 0.385. The van der Waals surface area contributed by atoms with Gasteiger partial charge in [-0.2, -0.15) is 0 Å². The lowest BCUT2D eigenvalue weighted by molar-refractivity contribution is 0.0696. The number of halogens is 1. The van der Waals surface area contributed by atoms with Crippen LogP contribution in [0, 0.1) is 0 Å². The topological polar surface area (TPSA) is 78.9 Å². The number of carboxylic acids is 1. The Hall–Kier alpha value is -1.60. The highest BCUT2D eigenvalue weighted by Crippen LogP contribution is 2.21. The molecule has 0 aliphatic carbocycles. The summed E-state index contributed by atoms with van der Waals surface area (Å²) in [5, 5.41) is 11.7. The number of urea groups is 1. The zero-order valence-electron chi connectivity index (χ0n) is 11.5. The molecule has 0 radical (unpaired) electrons. The molecule has 0 saturated heterocycles. The molecule has 6 nitrogen and oxygen atoms in total. The van der Waals surface area contributed by atoms with Gasteiger partial charge in [-0.3, -0.25) is 0 Å². The van der Waals surface area contributed by atoms with Gasteiger partial charge in [0.2, 0.25) is 0 Å². The van der Waals surface area contributed by atoms with Crippen molar-refractivity contribution in [2.24, 2.45) is 0 Å². The average Bonchev–Trinajstić information content (AvgIpc) is 2.39. The van der Waals surface area contributed by atoms with Gasteiger partial charge in [0.05, 0.1) is 18.2 Å². The van der Waals surface area contributed by atoms with Crippen LogP contribution in [0.5, 0.6) is 0 Å². The maximum atomic E-state index is 12.0. The molecule has 2 N–H and O–H groups in total. The number of hydrogen-bond donors (Lipinski definition) is 2. The van der Waals surface area contributed by atoms with Crippen LogP contribution in [0.2, 0.25) is 0 Å². The van der Waals surface area contributed by atoms with Crippen molar-refractivity contribution in [3.8, 4) is 0 Å². The molecule has 0 aliphatic heterocycles. The molecule has 1 aromatic rings. The van der Waals surface area contributed by atoms with Gasteiger partial charge in [-0.05, 0) is 41.1 Å². The number of anilines is 1. The molecule has 0 spiro atoms. The molecule has 0 heterocycles. The number of amides is 2. The second kappa shape index (κ2) is 7.25. The summed E-state index contributed by atoms with van der Waals surface area (Å²) in [7, 11) is 3.21. The number of carbonyl (C=O) groups excluding carboxylic acids is 1. The molecule has 1 rings (SSSR count). The lowest BCUT2D eigenvalue weighted by Crippen LogP contribution is -2.40. The SMILES string of the molecule is COCC(C)N(C)C(=O)Nc1ccc(Br)c(C(=O)O)c1. The monoisotopic (exact) mass is 344 g/mol. The van der Waals surface area contributed by atoms with Crippen LogP contribution >= 0.6 is 15.9 Å². The van der Waals surface area contributed by atoms with Crippen LogP contribution in [-0.2, 0) is 4.74 Å². The van der Waals surface area contributed by atoms with Crippen LogP contribution in [-0.4, -0.2) is 48.8 Å². The van der Waals surface area contributed by atoms with Crippen molar-refractivity contribution in [3.05, 3.63) is 28.2 Å². The van der Waals surface area contributed by atoms with E-state index in [-0.39, 0.29) is 17.6 Å². The molecule has 2 amide bonds. The quantitative estimate of drug-likeness (QED) is 0.860. The van der Waals surface area contributed by atoms with Gasteiger partial charge in [0.25, 0.3) is 0 Å². The Morgan fingerprint density at radius 1 is 1.50 bits per heavy atom. The van der Waals surface area contributed by atoms with Gasteiger partial charge in [0, 0.05) is 24.3 Å². The van der Waals surface area contributed by atoms with E-state index in [0.717, 1.165) is 0 Å². The van der Waals surface area contributed by atoms with E-state index in [1.807, 2.05) is 6.92 Å². The fourth-order valence-corrected chi connectivity index (χ4v) is 1.95. The minimum absolute atomic E-state index is 0.0885. The second-order valence-corrected chi connectivity index (χ2v) is 5.20. The summed E-state index contributed by atoms with van der Waals surface area (Å²) in [6.07, 6.45) is 0. The third-order valence-corrected chi connectivity index (χ3v) is 3.53. The molecule has 1 aromatic carbocycles. The van der Waals surface area contributed by atoms with E-state index in [2.05, 4.69) is 21.2 Å². The minimum Gasteiger partial charge on any atom is -0.478 e. The maximum absolute atomic E-state index is 12.0. The largest absolute Gasteiger partial charge is 0.478 e. The standard InChI is InChI=1S/C13H17BrN2O4/c1-8(7-20-3)16(2)13(19)15-9-4-5-11(14)10(6-9)12(17)18/h4-6,8H,7H2,1-3H3,(H,15,19)(H,17,18). The lowest BCUT2D eigenvalue weighted by atomic mass is 10.2. The van der Waals surface area contributed by atoms with E-state index in [1.165, 1.54) is 11.0 Å². The molecule has 110 valence electrons. The van der Waals surface area contributed by atoms with Crippen molar-refractivity contribution in [2.45, 2.75) is 13.0 Å². The summed E-state index contributed by atoms with van der Waals surface area (Å²) >= 11 is 3.15. The Kier molecular flexibility index (Phi) is 5.97. The fourth-order valence-electron chi connectivity index (χ4n) is 1.53. The number of ether oxygens (including phenoxy) is 1. The Morgan fingerprint density at radius 3 is 2.70 bits per heavy atom. The van der Waals surface area contributed by atoms with Crippen LogP contribution in [0.15, 0.2) is 22.7 Å². The van der Waals surface area contributed by atoms with Crippen LogP contribution in [0.1, 0.15) is 17.3 Å². The van der Waals surface area contributed by atoms with Gasteiger partial charge < -0.3 is 20.1 Å². The zero-order valence-corrected chi connectivity index (χ0v) is 13.1. The lowest BCUT2D eigenvalue weighted by Gasteiger charge is -2.24. The van der Waals surface area contributed by atoms with E-state index < -0.39 is 5.97 Å². The molecule has 1 unspecified atom stereocenters. The Bertz CT molecular complexity index is 507. The number of likely N-dealkylation sites (N-methyl/N-ethyl adjacent to an activating group) is 1. The Morgan fingerprint density at radius 2 is 2.15 bits per heavy atom. The first kappa shape index (κ1) is 16.5. The summed E-state index contributed by atoms with van der Waals surface area (Å²) < 4.78 is 5.45. The highest BCUT2D eigenvalue weighted by atomic mass is 79.9. The summed E-state index contributed by atoms with van der Waals surface area (Å²) in [6.45, 7) is 2.28. The van der Waals surface area contributed by atoms with E-state index in [4.69, 9.17) is 9.84 Å². The number of methoxy groups -OCH3 is 1. The van der Waals surface area contributed by atoms with Gasteiger partial charge in [0.15, 0.2) is 0 Å². The number of aromatic carboxylic acids is 1. The number of nitrogens with zero attached hydrogens (tertiary/aromatic N) is 1. The average molecular weight is 345 g/mol. The molecule has 0 aliphatic rings. The summed E-state index contributed by atoms with van der Waals surface area (Å²) in [5.74, 6) is -1.06. The van der Waals surface area contributed by atoms with Crippen molar-refractivity contribution < 1.29 is 19.4 Å². The van der Waals surface area contributed by atoms with E-state index in [0.29, 0.717) is 16.8 Å². The molecule has 20 heavy (non-hydrogen) atoms. The molecule has 0 aromatic heterocycles. The van der Waals surface area contributed by atoms with Crippen molar-refractivity contribution >= 4 is 33.6 Å². The number of rotatable bonds is 5. The number of carboxylic acid groups (broad SMARTS) is 1. The third-order valence-electron chi connectivity index (χ3n) is 2.84. The maximum Gasteiger partial charge on any atom is 0.336 e. The Balaban J connectivity index is 2.80. The number of carbonyl (C=O) groups is 2. The van der Waals surface area contributed by atoms with Crippen molar-refractivity contribution in [2.75, 3.05) is 26.1 Å². The number of benzene rings is 1. The van der Waals surface area contributed by atoms with Crippen LogP contribution in [0.25, 0.3) is 0 Å². The van der Waals surface area contributed by atoms with E-state index in [9.17, 15) is 9.59 Å². The van der Waals surface area contributed by atoms with Gasteiger partial charge in [-0.25, -0.2) is 9.59 Å². The van der Waals surface area contributed by atoms with Gasteiger partial charge in [-0.15, -0.1) is 0 Å². The normalized spacial score (nSPS) is 11.8. The predicted octanol–water partition coefficient (Wildman–Crippen LogP) is 2.65. The molecular weight excluding hydrogens is 328 g/mol. The van der Waals surface area contributed by atoms with Crippen LogP contribution in [0.3, 0.4) is 0 Å². The van der Waals surface area contributed by atoms with Crippen LogP contribution in [0.4, 0.5) is 10.5 Å². The number of nitrogens with one attached hydrogen (secondary N) is 1. The second-order valence-electron chi connectivity index (χ2n) is 4.35. The van der Waals surface area contributed by atoms with Crippen molar-refractivity contribution in [3.63, 3.8) is 0 Å². The number of hydrogen-bond acceptors (Lipinski definition) is 3. The summed E-state index contributed by atoms with van der Waals surface area (Å²) in [4.78, 5) is 24.5. The molecule has 7 heteroatoms. The van der Waals surface area contributed by atoms with Crippen LogP contribution < -0.4 is 5.32 Å². The first-order chi connectivity index (χ1) is 9.36.